The van der Waals surface area contributed by atoms with E-state index in [1.807, 2.05) is 0 Å². The van der Waals surface area contributed by atoms with Crippen LogP contribution in [0.25, 0.3) is 0 Å². The molecule has 1 saturated carbocycles. The maximum absolute atomic E-state index is 9.43. The topological polar surface area (TPSA) is 50.7 Å². The van der Waals surface area contributed by atoms with Crippen molar-refractivity contribution in [2.45, 2.75) is 76.5 Å². The van der Waals surface area contributed by atoms with E-state index >= 15 is 0 Å². The smallest absolute Gasteiger partial charge is 0.0610 e. The van der Waals surface area contributed by atoms with Gasteiger partial charge in [-0.15, -0.1) is 0 Å². The molecule has 0 aromatic heterocycles. The van der Waals surface area contributed by atoms with E-state index in [4.69, 9.17) is 9.47 Å². The van der Waals surface area contributed by atoms with Crippen molar-refractivity contribution in [1.82, 2.24) is 5.32 Å². The SMILES string of the molecule is CCNC(C)(CO)CCCCOC1CCCC(OC)C1. The summed E-state index contributed by atoms with van der Waals surface area (Å²) in [6.07, 6.45) is 8.52. The molecule has 2 N–H and O–H groups in total. The fraction of sp³-hybridized carbons (Fsp3) is 1.00. The van der Waals surface area contributed by atoms with Crippen molar-refractivity contribution in [1.29, 1.82) is 0 Å². The maximum atomic E-state index is 9.43. The highest BCUT2D eigenvalue weighted by atomic mass is 16.5. The Kier molecular flexibility index (Phi) is 8.69. The number of rotatable bonds is 10. The lowest BCUT2D eigenvalue weighted by Crippen LogP contribution is -2.45. The summed E-state index contributed by atoms with van der Waals surface area (Å²) >= 11 is 0. The first-order chi connectivity index (χ1) is 9.63. The lowest BCUT2D eigenvalue weighted by atomic mass is 9.94. The van der Waals surface area contributed by atoms with Crippen molar-refractivity contribution in [2.75, 3.05) is 26.9 Å². The molecule has 20 heavy (non-hydrogen) atoms. The normalized spacial score (nSPS) is 26.4. The predicted octanol–water partition coefficient (Wildman–Crippen LogP) is 2.49. The van der Waals surface area contributed by atoms with Crippen LogP contribution in [-0.2, 0) is 9.47 Å². The minimum atomic E-state index is -0.138. The molecule has 0 radical (unpaired) electrons. The van der Waals surface area contributed by atoms with Gasteiger partial charge in [-0.2, -0.15) is 0 Å². The molecular formula is C16H33NO3. The lowest BCUT2D eigenvalue weighted by Gasteiger charge is -2.29. The molecule has 1 aliphatic carbocycles. The molecule has 0 heterocycles. The molecule has 1 fully saturated rings. The zero-order valence-corrected chi connectivity index (χ0v) is 13.5. The number of unbranched alkanes of at least 4 members (excludes halogenated alkanes) is 1. The van der Waals surface area contributed by atoms with Gasteiger partial charge in [-0.05, 0) is 58.4 Å². The highest BCUT2D eigenvalue weighted by molar-refractivity contribution is 4.81. The van der Waals surface area contributed by atoms with E-state index in [-0.39, 0.29) is 12.1 Å². The first kappa shape index (κ1) is 17.9. The Labute approximate surface area is 124 Å². The number of hydrogen-bond acceptors (Lipinski definition) is 4. The Hall–Kier alpha value is -0.160. The molecule has 1 aliphatic rings. The van der Waals surface area contributed by atoms with Gasteiger partial charge in [-0.3, -0.25) is 0 Å². The molecule has 0 aromatic carbocycles. The van der Waals surface area contributed by atoms with Crippen LogP contribution >= 0.6 is 0 Å². The number of aliphatic hydroxyl groups excluding tert-OH is 1. The van der Waals surface area contributed by atoms with E-state index in [0.29, 0.717) is 12.2 Å². The molecule has 4 heteroatoms. The third-order valence-electron chi connectivity index (χ3n) is 4.34. The van der Waals surface area contributed by atoms with E-state index in [0.717, 1.165) is 38.8 Å². The number of methoxy groups -OCH3 is 1. The van der Waals surface area contributed by atoms with E-state index in [9.17, 15) is 5.11 Å². The summed E-state index contributed by atoms with van der Waals surface area (Å²) < 4.78 is 11.4. The van der Waals surface area contributed by atoms with Crippen LogP contribution in [0.4, 0.5) is 0 Å². The van der Waals surface area contributed by atoms with E-state index < -0.39 is 0 Å². The van der Waals surface area contributed by atoms with Gasteiger partial charge in [0, 0.05) is 19.3 Å². The van der Waals surface area contributed by atoms with Gasteiger partial charge in [0.05, 0.1) is 18.8 Å². The molecule has 0 saturated heterocycles. The number of likely N-dealkylation sites (N-methyl/N-ethyl adjacent to an activating group) is 1. The van der Waals surface area contributed by atoms with Crippen LogP contribution in [0.1, 0.15) is 58.8 Å². The van der Waals surface area contributed by atoms with Crippen molar-refractivity contribution < 1.29 is 14.6 Å². The van der Waals surface area contributed by atoms with Gasteiger partial charge >= 0.3 is 0 Å². The quantitative estimate of drug-likeness (QED) is 0.606. The van der Waals surface area contributed by atoms with E-state index in [1.54, 1.807) is 7.11 Å². The molecule has 120 valence electrons. The zero-order chi connectivity index (χ0) is 14.8. The van der Waals surface area contributed by atoms with Gasteiger partial charge in [0.15, 0.2) is 0 Å². The van der Waals surface area contributed by atoms with Crippen LogP contribution in [-0.4, -0.2) is 49.7 Å². The third kappa shape index (κ3) is 6.53. The number of aliphatic hydroxyl groups is 1. The first-order valence-corrected chi connectivity index (χ1v) is 8.14. The van der Waals surface area contributed by atoms with Gasteiger partial charge in [0.2, 0.25) is 0 Å². The van der Waals surface area contributed by atoms with Crippen molar-refractivity contribution in [3.8, 4) is 0 Å². The summed E-state index contributed by atoms with van der Waals surface area (Å²) in [5.74, 6) is 0. The second-order valence-corrected chi connectivity index (χ2v) is 6.22. The first-order valence-electron chi connectivity index (χ1n) is 8.14. The largest absolute Gasteiger partial charge is 0.394 e. The number of nitrogens with one attached hydrogen (secondary N) is 1. The molecule has 0 aromatic rings. The van der Waals surface area contributed by atoms with Gasteiger partial charge in [0.25, 0.3) is 0 Å². The third-order valence-corrected chi connectivity index (χ3v) is 4.34. The highest BCUT2D eigenvalue weighted by Crippen LogP contribution is 2.23. The monoisotopic (exact) mass is 287 g/mol. The Bertz CT molecular complexity index is 250. The van der Waals surface area contributed by atoms with Crippen molar-refractivity contribution in [3.05, 3.63) is 0 Å². The van der Waals surface area contributed by atoms with Crippen molar-refractivity contribution in [3.63, 3.8) is 0 Å². The Morgan fingerprint density at radius 1 is 1.25 bits per heavy atom. The summed E-state index contributed by atoms with van der Waals surface area (Å²) in [5, 5.41) is 12.8. The Morgan fingerprint density at radius 3 is 2.65 bits per heavy atom. The van der Waals surface area contributed by atoms with E-state index in [2.05, 4.69) is 19.2 Å². The van der Waals surface area contributed by atoms with Crippen molar-refractivity contribution in [2.24, 2.45) is 0 Å². The van der Waals surface area contributed by atoms with Gasteiger partial charge in [-0.25, -0.2) is 0 Å². The van der Waals surface area contributed by atoms with Crippen LogP contribution in [0.5, 0.6) is 0 Å². The maximum Gasteiger partial charge on any atom is 0.0610 e. The van der Waals surface area contributed by atoms with Crippen LogP contribution < -0.4 is 5.32 Å². The number of hydrogen-bond donors (Lipinski definition) is 2. The molecule has 0 spiro atoms. The molecule has 1 rings (SSSR count). The van der Waals surface area contributed by atoms with Gasteiger partial charge < -0.3 is 19.9 Å². The summed E-state index contributed by atoms with van der Waals surface area (Å²) in [4.78, 5) is 0. The second-order valence-electron chi connectivity index (χ2n) is 6.22. The molecule has 0 amide bonds. The average molecular weight is 287 g/mol. The number of ether oxygens (including phenoxy) is 2. The minimum absolute atomic E-state index is 0.138. The molecule has 0 bridgehead atoms. The molecule has 3 unspecified atom stereocenters. The minimum Gasteiger partial charge on any atom is -0.394 e. The molecule has 4 nitrogen and oxygen atoms in total. The van der Waals surface area contributed by atoms with Gasteiger partial charge in [-0.1, -0.05) is 6.92 Å². The summed E-state index contributed by atoms with van der Waals surface area (Å²) in [7, 11) is 1.80. The lowest BCUT2D eigenvalue weighted by molar-refractivity contribution is -0.0306. The average Bonchev–Trinajstić information content (AvgIpc) is 2.47. The summed E-state index contributed by atoms with van der Waals surface area (Å²) in [5.41, 5.74) is -0.138. The molecular weight excluding hydrogens is 254 g/mol. The predicted molar refractivity (Wildman–Crippen MR) is 82.0 cm³/mol. The van der Waals surface area contributed by atoms with Crippen LogP contribution in [0, 0.1) is 0 Å². The molecule has 0 aliphatic heterocycles. The summed E-state index contributed by atoms with van der Waals surface area (Å²) in [6, 6.07) is 0. The second kappa shape index (κ2) is 9.72. The Morgan fingerprint density at radius 2 is 2.00 bits per heavy atom. The Balaban J connectivity index is 2.09. The van der Waals surface area contributed by atoms with Crippen molar-refractivity contribution >= 4 is 0 Å². The zero-order valence-electron chi connectivity index (χ0n) is 13.5. The molecule has 3 atom stereocenters. The van der Waals surface area contributed by atoms with Crippen LogP contribution in [0.2, 0.25) is 0 Å². The standard InChI is InChI=1S/C16H33NO3/c1-4-17-16(2,13-18)10-5-6-11-20-15-9-7-8-14(12-15)19-3/h14-15,17-18H,4-13H2,1-3H3. The fourth-order valence-electron chi connectivity index (χ4n) is 2.98. The summed E-state index contributed by atoms with van der Waals surface area (Å²) in [6.45, 7) is 6.08. The van der Waals surface area contributed by atoms with Crippen LogP contribution in [0.3, 0.4) is 0 Å². The van der Waals surface area contributed by atoms with E-state index in [1.165, 1.54) is 19.3 Å². The van der Waals surface area contributed by atoms with Crippen LogP contribution in [0.15, 0.2) is 0 Å². The highest BCUT2D eigenvalue weighted by Gasteiger charge is 2.23. The fourth-order valence-corrected chi connectivity index (χ4v) is 2.98. The van der Waals surface area contributed by atoms with Gasteiger partial charge in [0.1, 0.15) is 0 Å².